The van der Waals surface area contributed by atoms with E-state index in [-0.39, 0.29) is 0 Å². The number of nitrogens with zero attached hydrogens (tertiary/aromatic N) is 2. The molecule has 144 valence electrons. The highest BCUT2D eigenvalue weighted by atomic mass is 15.0. The molecule has 0 spiro atoms. The molecule has 4 aromatic rings. The van der Waals surface area contributed by atoms with E-state index < -0.39 is 0 Å². The largest absolute Gasteiger partial charge is 0.383 e. The fourth-order valence-electron chi connectivity index (χ4n) is 3.77. The molecule has 1 aromatic heterocycles. The maximum Gasteiger partial charge on any atom is 0.157 e. The van der Waals surface area contributed by atoms with Gasteiger partial charge in [-0.25, -0.2) is 9.98 Å². The highest BCUT2D eigenvalue weighted by Gasteiger charge is 2.09. The van der Waals surface area contributed by atoms with Crippen LogP contribution >= 0.6 is 0 Å². The van der Waals surface area contributed by atoms with Crippen molar-refractivity contribution in [1.29, 1.82) is 0 Å². The average Bonchev–Trinajstić information content (AvgIpc) is 2.68. The Hall–Kier alpha value is -3.46. The number of aryl methyl sites for hydroxylation is 4. The highest BCUT2D eigenvalue weighted by Crippen LogP contribution is 2.30. The van der Waals surface area contributed by atoms with Gasteiger partial charge in [0.1, 0.15) is 5.84 Å². The Kier molecular flexibility index (Phi) is 4.89. The molecular weight excluding hydrogens is 354 g/mol. The molecule has 4 rings (SSSR count). The summed E-state index contributed by atoms with van der Waals surface area (Å²) in [5, 5.41) is 1.12. The zero-order valence-corrected chi connectivity index (χ0v) is 17.3. The zero-order chi connectivity index (χ0) is 20.5. The lowest BCUT2D eigenvalue weighted by Crippen LogP contribution is -2.13. The molecule has 0 aliphatic rings. The van der Waals surface area contributed by atoms with Gasteiger partial charge in [-0.3, -0.25) is 0 Å². The molecule has 0 saturated heterocycles. The monoisotopic (exact) mass is 379 g/mol. The van der Waals surface area contributed by atoms with Crippen molar-refractivity contribution in [3.05, 3.63) is 94.5 Å². The maximum absolute atomic E-state index is 6.33. The van der Waals surface area contributed by atoms with Crippen LogP contribution < -0.4 is 5.73 Å². The first-order valence-electron chi connectivity index (χ1n) is 9.81. The number of nitrogens with two attached hydrogens (primary N) is 1. The first-order valence-corrected chi connectivity index (χ1v) is 9.81. The van der Waals surface area contributed by atoms with Crippen molar-refractivity contribution in [2.45, 2.75) is 27.7 Å². The molecular formula is C26H25N3. The molecule has 2 N–H and O–H groups in total. The number of amidine groups is 1. The molecule has 29 heavy (non-hydrogen) atoms. The Labute approximate surface area is 172 Å². The van der Waals surface area contributed by atoms with Gasteiger partial charge >= 0.3 is 0 Å². The zero-order valence-electron chi connectivity index (χ0n) is 17.3. The van der Waals surface area contributed by atoms with E-state index in [0.717, 1.165) is 27.6 Å². The average molecular weight is 380 g/mol. The summed E-state index contributed by atoms with van der Waals surface area (Å²) in [6.07, 6.45) is 0. The van der Waals surface area contributed by atoms with E-state index in [1.54, 1.807) is 0 Å². The van der Waals surface area contributed by atoms with E-state index in [0.29, 0.717) is 11.7 Å². The van der Waals surface area contributed by atoms with Crippen LogP contribution in [-0.4, -0.2) is 10.8 Å². The molecule has 1 heterocycles. The highest BCUT2D eigenvalue weighted by molar-refractivity contribution is 5.99. The number of aliphatic imine (C=N–C) groups is 1. The third-order valence-electron chi connectivity index (χ3n) is 5.12. The normalized spacial score (nSPS) is 11.8. The quantitative estimate of drug-likeness (QED) is 0.342. The lowest BCUT2D eigenvalue weighted by molar-refractivity contribution is 1.25. The summed E-state index contributed by atoms with van der Waals surface area (Å²) >= 11 is 0. The Morgan fingerprint density at radius 3 is 2.14 bits per heavy atom. The number of hydrogen-bond donors (Lipinski definition) is 1. The number of pyridine rings is 1. The van der Waals surface area contributed by atoms with E-state index in [1.807, 2.05) is 13.0 Å². The van der Waals surface area contributed by atoms with Crippen LogP contribution in [0.3, 0.4) is 0 Å². The molecule has 0 atom stereocenters. The van der Waals surface area contributed by atoms with Gasteiger partial charge in [-0.15, -0.1) is 0 Å². The predicted molar refractivity (Wildman–Crippen MR) is 123 cm³/mol. The van der Waals surface area contributed by atoms with E-state index in [4.69, 9.17) is 10.7 Å². The Balaban J connectivity index is 1.80. The number of benzene rings is 3. The van der Waals surface area contributed by atoms with E-state index >= 15 is 0 Å². The van der Waals surface area contributed by atoms with Crippen LogP contribution in [0.2, 0.25) is 0 Å². The minimum absolute atomic E-state index is 0.491. The van der Waals surface area contributed by atoms with Gasteiger partial charge in [0.2, 0.25) is 0 Å². The molecule has 0 aliphatic heterocycles. The van der Waals surface area contributed by atoms with E-state index in [9.17, 15) is 0 Å². The SMILES string of the molecule is Cc1cc(C)cc(C(N)=Nc2nc3c(C)cc(-c4ccccc4)cc3cc2C)c1. The Morgan fingerprint density at radius 2 is 1.45 bits per heavy atom. The number of hydrogen-bond acceptors (Lipinski definition) is 2. The minimum Gasteiger partial charge on any atom is -0.383 e. The summed E-state index contributed by atoms with van der Waals surface area (Å²) in [6, 6.07) is 23.2. The van der Waals surface area contributed by atoms with Gasteiger partial charge in [-0.05, 0) is 80.3 Å². The second-order valence-corrected chi connectivity index (χ2v) is 7.73. The molecule has 3 heteroatoms. The second-order valence-electron chi connectivity index (χ2n) is 7.73. The van der Waals surface area contributed by atoms with Crippen molar-refractivity contribution in [2.75, 3.05) is 0 Å². The van der Waals surface area contributed by atoms with Gasteiger partial charge in [0.15, 0.2) is 5.82 Å². The molecule has 0 bridgehead atoms. The molecule has 0 saturated carbocycles. The van der Waals surface area contributed by atoms with Crippen molar-refractivity contribution < 1.29 is 0 Å². The molecule has 0 amide bonds. The van der Waals surface area contributed by atoms with Crippen molar-refractivity contribution in [2.24, 2.45) is 10.7 Å². The van der Waals surface area contributed by atoms with Crippen molar-refractivity contribution in [3.8, 4) is 11.1 Å². The minimum atomic E-state index is 0.491. The number of fused-ring (bicyclic) bond motifs is 1. The summed E-state index contributed by atoms with van der Waals surface area (Å²) < 4.78 is 0. The van der Waals surface area contributed by atoms with Gasteiger partial charge in [-0.1, -0.05) is 47.5 Å². The van der Waals surface area contributed by atoms with Gasteiger partial charge in [0, 0.05) is 10.9 Å². The fourth-order valence-corrected chi connectivity index (χ4v) is 3.77. The number of aromatic nitrogens is 1. The first kappa shape index (κ1) is 18.9. The van der Waals surface area contributed by atoms with Gasteiger partial charge in [0.05, 0.1) is 5.52 Å². The summed E-state index contributed by atoms with van der Waals surface area (Å²) in [7, 11) is 0. The van der Waals surface area contributed by atoms with Crippen molar-refractivity contribution in [3.63, 3.8) is 0 Å². The van der Waals surface area contributed by atoms with Gasteiger partial charge < -0.3 is 5.73 Å². The van der Waals surface area contributed by atoms with Crippen LogP contribution in [0.15, 0.2) is 71.7 Å². The topological polar surface area (TPSA) is 51.3 Å². The smallest absolute Gasteiger partial charge is 0.157 e. The van der Waals surface area contributed by atoms with Crippen LogP contribution in [0.25, 0.3) is 22.0 Å². The molecule has 0 radical (unpaired) electrons. The van der Waals surface area contributed by atoms with Crippen LogP contribution in [0.4, 0.5) is 5.82 Å². The van der Waals surface area contributed by atoms with Crippen LogP contribution in [0.5, 0.6) is 0 Å². The van der Waals surface area contributed by atoms with Gasteiger partial charge in [-0.2, -0.15) is 0 Å². The fraction of sp³-hybridized carbons (Fsp3) is 0.154. The molecule has 0 unspecified atom stereocenters. The van der Waals surface area contributed by atoms with Crippen LogP contribution in [0.1, 0.15) is 27.8 Å². The molecule has 0 fully saturated rings. The molecule has 0 aliphatic carbocycles. The predicted octanol–water partition coefficient (Wildman–Crippen LogP) is 6.17. The Morgan fingerprint density at radius 1 is 0.759 bits per heavy atom. The van der Waals surface area contributed by atoms with Gasteiger partial charge in [0.25, 0.3) is 0 Å². The second kappa shape index (κ2) is 7.51. The third-order valence-corrected chi connectivity index (χ3v) is 5.12. The van der Waals surface area contributed by atoms with Crippen molar-refractivity contribution in [1.82, 2.24) is 4.98 Å². The third kappa shape index (κ3) is 3.90. The van der Waals surface area contributed by atoms with E-state index in [2.05, 4.69) is 86.4 Å². The van der Waals surface area contributed by atoms with Crippen molar-refractivity contribution >= 4 is 22.6 Å². The van der Waals surface area contributed by atoms with Crippen LogP contribution in [0, 0.1) is 27.7 Å². The maximum atomic E-state index is 6.33. The standard InChI is InChI=1S/C26H25N3/c1-16-10-17(2)12-23(11-16)25(27)29-26-19(4)14-22-15-21(13-18(3)24(22)28-26)20-8-6-5-7-9-20/h5-15H,1-4H3,(H2,27,28,29). The molecule has 3 aromatic carbocycles. The summed E-state index contributed by atoms with van der Waals surface area (Å²) in [5.74, 6) is 1.16. The summed E-state index contributed by atoms with van der Waals surface area (Å²) in [4.78, 5) is 9.52. The van der Waals surface area contributed by atoms with Crippen LogP contribution in [-0.2, 0) is 0 Å². The molecule has 3 nitrogen and oxygen atoms in total. The first-order chi connectivity index (χ1) is 13.9. The number of rotatable bonds is 3. The lowest BCUT2D eigenvalue weighted by atomic mass is 9.99. The van der Waals surface area contributed by atoms with E-state index in [1.165, 1.54) is 22.3 Å². The summed E-state index contributed by atoms with van der Waals surface area (Å²) in [5.41, 5.74) is 15.1. The summed E-state index contributed by atoms with van der Waals surface area (Å²) in [6.45, 7) is 8.26. The Bertz CT molecular complexity index is 1220. The lowest BCUT2D eigenvalue weighted by Gasteiger charge is -2.10.